The van der Waals surface area contributed by atoms with Crippen LogP contribution >= 0.6 is 11.3 Å². The third-order valence-corrected chi connectivity index (χ3v) is 5.87. The molecule has 3 rings (SSSR count). The molecule has 0 bridgehead atoms. The van der Waals surface area contributed by atoms with E-state index in [0.29, 0.717) is 41.4 Å². The Hall–Kier alpha value is -3.07. The SMILES string of the molecule is CCOC(=O)c1c(/N=C/c2cccc(OC)c2O)sc2c1CCN(C(=O)OC(C)(C)C)C2. The van der Waals surface area contributed by atoms with E-state index < -0.39 is 11.6 Å². The summed E-state index contributed by atoms with van der Waals surface area (Å²) < 4.78 is 15.9. The predicted octanol–water partition coefficient (Wildman–Crippen LogP) is 4.68. The van der Waals surface area contributed by atoms with E-state index in [1.165, 1.54) is 24.7 Å². The van der Waals surface area contributed by atoms with Gasteiger partial charge in [0.15, 0.2) is 11.5 Å². The number of hydrogen-bond donors (Lipinski definition) is 1. The molecule has 1 aromatic heterocycles. The van der Waals surface area contributed by atoms with E-state index >= 15 is 0 Å². The number of benzene rings is 1. The molecule has 0 unspecified atom stereocenters. The van der Waals surface area contributed by atoms with E-state index in [1.807, 2.05) is 20.8 Å². The van der Waals surface area contributed by atoms with Crippen molar-refractivity contribution < 1.29 is 28.9 Å². The molecule has 0 saturated carbocycles. The molecule has 2 aromatic rings. The molecule has 0 spiro atoms. The summed E-state index contributed by atoms with van der Waals surface area (Å²) in [7, 11) is 1.47. The Morgan fingerprint density at radius 3 is 2.72 bits per heavy atom. The van der Waals surface area contributed by atoms with Crippen molar-refractivity contribution in [2.75, 3.05) is 20.3 Å². The molecule has 1 amide bonds. The fraction of sp³-hybridized carbons (Fsp3) is 0.435. The Kier molecular flexibility index (Phi) is 7.08. The van der Waals surface area contributed by atoms with Crippen molar-refractivity contribution in [2.45, 2.75) is 46.3 Å². The molecular formula is C23H28N2O6S. The first-order valence-corrected chi connectivity index (χ1v) is 11.2. The highest BCUT2D eigenvalue weighted by Crippen LogP contribution is 2.40. The molecule has 0 radical (unpaired) electrons. The van der Waals surface area contributed by atoms with Crippen molar-refractivity contribution in [1.29, 1.82) is 0 Å². The molecule has 2 heterocycles. The number of phenolic OH excluding ortho intramolecular Hbond substituents is 1. The fourth-order valence-electron chi connectivity index (χ4n) is 3.31. The van der Waals surface area contributed by atoms with Gasteiger partial charge in [0.05, 0.1) is 25.8 Å². The molecule has 1 aliphatic heterocycles. The van der Waals surface area contributed by atoms with Crippen molar-refractivity contribution >= 4 is 34.6 Å². The molecule has 0 saturated heterocycles. The largest absolute Gasteiger partial charge is 0.504 e. The molecule has 8 nitrogen and oxygen atoms in total. The van der Waals surface area contributed by atoms with Gasteiger partial charge in [-0.2, -0.15) is 0 Å². The predicted molar refractivity (Wildman–Crippen MR) is 123 cm³/mol. The van der Waals surface area contributed by atoms with Gasteiger partial charge in [0, 0.05) is 23.2 Å². The first-order chi connectivity index (χ1) is 15.1. The highest BCUT2D eigenvalue weighted by Gasteiger charge is 2.32. The van der Waals surface area contributed by atoms with Gasteiger partial charge >= 0.3 is 12.1 Å². The Morgan fingerprint density at radius 2 is 2.06 bits per heavy atom. The topological polar surface area (TPSA) is 97.7 Å². The number of carbonyl (C=O) groups is 2. The molecule has 0 fully saturated rings. The monoisotopic (exact) mass is 460 g/mol. The van der Waals surface area contributed by atoms with Crippen LogP contribution < -0.4 is 4.74 Å². The van der Waals surface area contributed by atoms with Gasteiger partial charge in [0.1, 0.15) is 10.6 Å². The minimum Gasteiger partial charge on any atom is -0.504 e. The number of aromatic hydroxyl groups is 1. The van der Waals surface area contributed by atoms with Crippen LogP contribution in [-0.4, -0.2) is 54.1 Å². The first-order valence-electron chi connectivity index (χ1n) is 10.3. The molecular weight excluding hydrogens is 432 g/mol. The van der Waals surface area contributed by atoms with Gasteiger partial charge in [0.2, 0.25) is 0 Å². The molecule has 0 aliphatic carbocycles. The average Bonchev–Trinajstić information content (AvgIpc) is 3.09. The number of rotatable bonds is 5. The highest BCUT2D eigenvalue weighted by atomic mass is 32.1. The van der Waals surface area contributed by atoms with Crippen LogP contribution in [-0.2, 0) is 22.4 Å². The quantitative estimate of drug-likeness (QED) is 0.514. The van der Waals surface area contributed by atoms with Gasteiger partial charge in [-0.15, -0.1) is 11.3 Å². The Balaban J connectivity index is 1.94. The van der Waals surface area contributed by atoms with Crippen molar-refractivity contribution in [3.8, 4) is 11.5 Å². The zero-order valence-electron chi connectivity index (χ0n) is 18.9. The van der Waals surface area contributed by atoms with Gasteiger partial charge in [-0.1, -0.05) is 6.07 Å². The molecule has 32 heavy (non-hydrogen) atoms. The number of hydrogen-bond acceptors (Lipinski definition) is 8. The number of ether oxygens (including phenoxy) is 3. The zero-order valence-corrected chi connectivity index (χ0v) is 19.7. The van der Waals surface area contributed by atoms with Crippen LogP contribution in [0.1, 0.15) is 54.1 Å². The summed E-state index contributed by atoms with van der Waals surface area (Å²) in [5, 5.41) is 10.8. The minimum atomic E-state index is -0.586. The number of fused-ring (bicyclic) bond motifs is 1. The van der Waals surface area contributed by atoms with E-state index in [9.17, 15) is 14.7 Å². The Labute approximate surface area is 191 Å². The van der Waals surface area contributed by atoms with E-state index in [0.717, 1.165) is 10.4 Å². The second-order valence-corrected chi connectivity index (χ2v) is 9.30. The summed E-state index contributed by atoms with van der Waals surface area (Å²) in [6, 6.07) is 5.08. The summed E-state index contributed by atoms with van der Waals surface area (Å²) in [5.41, 5.74) is 1.13. The van der Waals surface area contributed by atoms with Crippen LogP contribution in [0.2, 0.25) is 0 Å². The Morgan fingerprint density at radius 1 is 1.31 bits per heavy atom. The van der Waals surface area contributed by atoms with E-state index in [1.54, 1.807) is 30.0 Å². The zero-order chi connectivity index (χ0) is 23.5. The van der Waals surface area contributed by atoms with Crippen molar-refractivity contribution in [3.63, 3.8) is 0 Å². The number of para-hydroxylation sites is 1. The van der Waals surface area contributed by atoms with E-state index in [-0.39, 0.29) is 18.4 Å². The van der Waals surface area contributed by atoms with Crippen molar-refractivity contribution in [1.82, 2.24) is 4.90 Å². The lowest BCUT2D eigenvalue weighted by atomic mass is 10.0. The third kappa shape index (κ3) is 5.21. The van der Waals surface area contributed by atoms with Crippen LogP contribution in [0.25, 0.3) is 0 Å². The number of carbonyl (C=O) groups excluding carboxylic acids is 2. The van der Waals surface area contributed by atoms with Gasteiger partial charge in [-0.05, 0) is 51.8 Å². The number of phenols is 1. The van der Waals surface area contributed by atoms with Crippen LogP contribution in [0, 0.1) is 0 Å². The number of thiophene rings is 1. The molecule has 1 N–H and O–H groups in total. The van der Waals surface area contributed by atoms with Crippen LogP contribution in [0.4, 0.5) is 9.80 Å². The molecule has 9 heteroatoms. The number of amides is 1. The lowest BCUT2D eigenvalue weighted by Crippen LogP contribution is -2.39. The number of esters is 1. The lowest BCUT2D eigenvalue weighted by Gasteiger charge is -2.30. The lowest BCUT2D eigenvalue weighted by molar-refractivity contribution is 0.0226. The van der Waals surface area contributed by atoms with Gasteiger partial charge in [-0.25, -0.2) is 14.6 Å². The maximum absolute atomic E-state index is 12.7. The highest BCUT2D eigenvalue weighted by molar-refractivity contribution is 7.16. The summed E-state index contributed by atoms with van der Waals surface area (Å²) in [6.07, 6.45) is 1.60. The summed E-state index contributed by atoms with van der Waals surface area (Å²) in [6.45, 7) is 8.24. The Bertz CT molecular complexity index is 1040. The number of aliphatic imine (C=N–C) groups is 1. The number of methoxy groups -OCH3 is 1. The second-order valence-electron chi connectivity index (χ2n) is 8.21. The normalized spacial score (nSPS) is 13.7. The van der Waals surface area contributed by atoms with E-state index in [4.69, 9.17) is 14.2 Å². The second kappa shape index (κ2) is 9.60. The smallest absolute Gasteiger partial charge is 0.410 e. The van der Waals surface area contributed by atoms with Crippen LogP contribution in [0.5, 0.6) is 11.5 Å². The fourth-order valence-corrected chi connectivity index (χ4v) is 4.51. The van der Waals surface area contributed by atoms with Crippen LogP contribution in [0.3, 0.4) is 0 Å². The molecule has 0 atom stereocenters. The van der Waals surface area contributed by atoms with Gasteiger partial charge < -0.3 is 24.2 Å². The summed E-state index contributed by atoms with van der Waals surface area (Å²) >= 11 is 1.33. The van der Waals surface area contributed by atoms with Gasteiger partial charge in [-0.3, -0.25) is 0 Å². The van der Waals surface area contributed by atoms with E-state index in [2.05, 4.69) is 4.99 Å². The minimum absolute atomic E-state index is 0.0335. The summed E-state index contributed by atoms with van der Waals surface area (Å²) in [5.74, 6) is -0.148. The van der Waals surface area contributed by atoms with Crippen LogP contribution in [0.15, 0.2) is 23.2 Å². The average molecular weight is 461 g/mol. The molecule has 1 aliphatic rings. The maximum Gasteiger partial charge on any atom is 0.410 e. The van der Waals surface area contributed by atoms with Gasteiger partial charge in [0.25, 0.3) is 0 Å². The first kappa shape index (κ1) is 23.6. The van der Waals surface area contributed by atoms with Crippen molar-refractivity contribution in [2.24, 2.45) is 4.99 Å². The maximum atomic E-state index is 12.7. The molecule has 1 aromatic carbocycles. The van der Waals surface area contributed by atoms with Crippen molar-refractivity contribution in [3.05, 3.63) is 39.8 Å². The number of nitrogens with zero attached hydrogens (tertiary/aromatic N) is 2. The standard InChI is InChI=1S/C23H28N2O6S/c1-6-30-21(27)18-15-10-11-25(22(28)31-23(2,3)4)13-17(15)32-20(18)24-12-14-8-7-9-16(29-5)19(14)26/h7-9,12,26H,6,10-11,13H2,1-5H3/b24-12+. The molecule has 172 valence electrons. The summed E-state index contributed by atoms with van der Waals surface area (Å²) in [4.78, 5) is 32.2. The third-order valence-electron chi connectivity index (χ3n) is 4.74.